The van der Waals surface area contributed by atoms with Crippen molar-refractivity contribution in [2.45, 2.75) is 53.6 Å². The van der Waals surface area contributed by atoms with Crippen LogP contribution >= 0.6 is 0 Å². The molecule has 7 N–H and O–H groups in total. The molecule has 1 saturated carbocycles. The Kier molecular flexibility index (Phi) is 6.10. The lowest BCUT2D eigenvalue weighted by molar-refractivity contribution is -0.287. The summed E-state index contributed by atoms with van der Waals surface area (Å²) in [5.41, 5.74) is 15.3. The first kappa shape index (κ1) is 22.1. The number of H-pyrrole nitrogens is 1. The summed E-state index contributed by atoms with van der Waals surface area (Å²) in [6, 6.07) is 0. The number of amidine groups is 1. The van der Waals surface area contributed by atoms with Crippen LogP contribution in [0.4, 0.5) is 5.82 Å². The Morgan fingerprint density at radius 1 is 1.23 bits per heavy atom. The quantitative estimate of drug-likeness (QED) is 0.364. The highest BCUT2D eigenvalue weighted by Gasteiger charge is 2.42. The lowest BCUT2D eigenvalue weighted by Crippen LogP contribution is -2.42. The Balaban J connectivity index is 2.01. The van der Waals surface area contributed by atoms with Gasteiger partial charge in [0.1, 0.15) is 23.3 Å². The average molecular weight is 417 g/mol. The number of allylic oxidation sites excluding steroid dienone is 1. The highest BCUT2D eigenvalue weighted by atomic mass is 17.1. The number of hydrogen-bond acceptors (Lipinski definition) is 6. The molecule has 8 heteroatoms. The fourth-order valence-electron chi connectivity index (χ4n) is 5.45. The van der Waals surface area contributed by atoms with Crippen LogP contribution in [0.25, 0.3) is 6.08 Å². The second kappa shape index (κ2) is 8.28. The van der Waals surface area contributed by atoms with Crippen LogP contribution in [0, 0.1) is 30.6 Å². The van der Waals surface area contributed by atoms with Gasteiger partial charge >= 0.3 is 5.97 Å². The summed E-state index contributed by atoms with van der Waals surface area (Å²) in [5.74, 6) is 0.805. The first-order valence-corrected chi connectivity index (χ1v) is 10.4. The van der Waals surface area contributed by atoms with Gasteiger partial charge in [-0.2, -0.15) is 0 Å². The topological polar surface area (TPSA) is 147 Å². The summed E-state index contributed by atoms with van der Waals surface area (Å²) in [7, 11) is 0. The fraction of sp³-hybridized carbons (Fsp3) is 0.545. The number of aliphatic imine (C=N–C) groups is 1. The van der Waals surface area contributed by atoms with E-state index in [0.717, 1.165) is 18.4 Å². The number of nitrogens with one attached hydrogen (secondary N) is 1. The van der Waals surface area contributed by atoms with Crippen LogP contribution in [0.5, 0.6) is 0 Å². The van der Waals surface area contributed by atoms with Crippen LogP contribution in [0.1, 0.15) is 62.2 Å². The zero-order valence-corrected chi connectivity index (χ0v) is 18.2. The molecule has 2 heterocycles. The van der Waals surface area contributed by atoms with E-state index in [1.807, 2.05) is 6.92 Å². The molecule has 30 heavy (non-hydrogen) atoms. The van der Waals surface area contributed by atoms with E-state index >= 15 is 0 Å². The normalized spacial score (nSPS) is 29.4. The van der Waals surface area contributed by atoms with Crippen LogP contribution in [0.3, 0.4) is 0 Å². The Labute approximate surface area is 176 Å². The van der Waals surface area contributed by atoms with E-state index in [0.29, 0.717) is 46.1 Å². The third-order valence-electron chi connectivity index (χ3n) is 6.73. The number of hydrogen-bond donors (Lipinski definition) is 5. The standard InChI is InChI=1S/C22H32N4O4/c1-9-6-10(2)16(11(3)7-9)19(30-29)17-12(4)14(25-20(17)23)8-15-13(5)18(22(27)28)21(24)26-15/h8-11,16,19,26,29H,6-7,24H2,1-5H3,(H2,23,25)(H,27,28). The maximum absolute atomic E-state index is 11.4. The van der Waals surface area contributed by atoms with E-state index < -0.39 is 12.1 Å². The second-order valence-corrected chi connectivity index (χ2v) is 8.96. The zero-order valence-electron chi connectivity index (χ0n) is 18.2. The van der Waals surface area contributed by atoms with Gasteiger partial charge in [-0.15, -0.1) is 0 Å². The lowest BCUT2D eigenvalue weighted by Gasteiger charge is -2.41. The summed E-state index contributed by atoms with van der Waals surface area (Å²) in [4.78, 5) is 23.8. The molecule has 0 amide bonds. The molecule has 164 valence electrons. The zero-order chi connectivity index (χ0) is 22.3. The maximum atomic E-state index is 11.4. The molecule has 3 unspecified atom stereocenters. The number of aromatic amines is 1. The van der Waals surface area contributed by atoms with Gasteiger partial charge in [-0.25, -0.2) is 14.7 Å². The minimum Gasteiger partial charge on any atom is -0.478 e. The van der Waals surface area contributed by atoms with Crippen LogP contribution in [-0.2, 0) is 4.89 Å². The Bertz CT molecular complexity index is 931. The predicted molar refractivity (Wildman–Crippen MR) is 117 cm³/mol. The van der Waals surface area contributed by atoms with Crippen molar-refractivity contribution >= 4 is 23.7 Å². The molecule has 0 aromatic carbocycles. The Morgan fingerprint density at radius 2 is 1.83 bits per heavy atom. The van der Waals surface area contributed by atoms with Crippen molar-refractivity contribution in [1.82, 2.24) is 4.98 Å². The van der Waals surface area contributed by atoms with Gasteiger partial charge in [0.15, 0.2) is 0 Å². The maximum Gasteiger partial charge on any atom is 0.339 e. The average Bonchev–Trinajstić information content (AvgIpc) is 3.07. The molecule has 2 aliphatic rings. The second-order valence-electron chi connectivity index (χ2n) is 8.96. The molecular formula is C22H32N4O4. The van der Waals surface area contributed by atoms with E-state index in [2.05, 4.69) is 30.7 Å². The number of carbonyl (C=O) groups is 1. The van der Waals surface area contributed by atoms with Gasteiger partial charge in [0.25, 0.3) is 0 Å². The molecular weight excluding hydrogens is 384 g/mol. The van der Waals surface area contributed by atoms with Gasteiger partial charge < -0.3 is 21.6 Å². The third kappa shape index (κ3) is 3.77. The number of nitrogen functional groups attached to an aromatic ring is 1. The molecule has 0 spiro atoms. The van der Waals surface area contributed by atoms with E-state index in [9.17, 15) is 15.2 Å². The monoisotopic (exact) mass is 416 g/mol. The van der Waals surface area contributed by atoms with E-state index in [-0.39, 0.29) is 17.3 Å². The van der Waals surface area contributed by atoms with Gasteiger partial charge in [0.2, 0.25) is 0 Å². The van der Waals surface area contributed by atoms with Crippen LogP contribution in [0.15, 0.2) is 21.8 Å². The number of aromatic nitrogens is 1. The first-order valence-electron chi connectivity index (χ1n) is 10.4. The van der Waals surface area contributed by atoms with Crippen molar-refractivity contribution in [2.24, 2.45) is 34.4 Å². The summed E-state index contributed by atoms with van der Waals surface area (Å²) >= 11 is 0. The Hall–Kier alpha value is -2.58. The smallest absolute Gasteiger partial charge is 0.339 e. The summed E-state index contributed by atoms with van der Waals surface area (Å²) in [6.45, 7) is 10.2. The molecule has 3 rings (SSSR count). The lowest BCUT2D eigenvalue weighted by atomic mass is 9.66. The SMILES string of the molecule is CC1=C(C(OO)C2C(C)CC(C)CC2C)C(N)=NC1=Cc1[nH]c(N)c(C(=O)O)c1C. The Morgan fingerprint density at radius 3 is 2.33 bits per heavy atom. The van der Waals surface area contributed by atoms with Gasteiger partial charge in [-0.05, 0) is 67.6 Å². The van der Waals surface area contributed by atoms with Gasteiger partial charge in [-0.1, -0.05) is 20.8 Å². The molecule has 0 bridgehead atoms. The van der Waals surface area contributed by atoms with E-state index in [1.54, 1.807) is 13.0 Å². The number of carboxylic acids is 1. The molecule has 1 aromatic rings. The van der Waals surface area contributed by atoms with Crippen LogP contribution in [0.2, 0.25) is 0 Å². The highest BCUT2D eigenvalue weighted by molar-refractivity contribution is 6.04. The molecule has 1 aromatic heterocycles. The fourth-order valence-corrected chi connectivity index (χ4v) is 5.45. The summed E-state index contributed by atoms with van der Waals surface area (Å²) in [5, 5.41) is 19.2. The summed E-state index contributed by atoms with van der Waals surface area (Å²) in [6.07, 6.45) is 3.30. The minimum atomic E-state index is -1.09. The molecule has 8 nitrogen and oxygen atoms in total. The third-order valence-corrected chi connectivity index (χ3v) is 6.73. The number of nitrogens with zero attached hydrogens (tertiary/aromatic N) is 1. The predicted octanol–water partition coefficient (Wildman–Crippen LogP) is 3.81. The van der Waals surface area contributed by atoms with Crippen molar-refractivity contribution in [3.05, 3.63) is 33.7 Å². The van der Waals surface area contributed by atoms with Gasteiger partial charge in [0, 0.05) is 11.3 Å². The number of carboxylic acid groups (broad SMARTS) is 1. The number of aromatic carboxylic acids is 1. The largest absolute Gasteiger partial charge is 0.478 e. The van der Waals surface area contributed by atoms with E-state index in [1.165, 1.54) is 0 Å². The minimum absolute atomic E-state index is 0.0502. The molecule has 0 saturated heterocycles. The molecule has 1 aliphatic carbocycles. The van der Waals surface area contributed by atoms with Gasteiger partial charge in [0.05, 0.1) is 5.70 Å². The van der Waals surface area contributed by atoms with Crippen molar-refractivity contribution in [1.29, 1.82) is 0 Å². The van der Waals surface area contributed by atoms with Crippen molar-refractivity contribution < 1.29 is 20.0 Å². The number of nitrogens with two attached hydrogens (primary N) is 2. The van der Waals surface area contributed by atoms with Crippen molar-refractivity contribution in [3.8, 4) is 0 Å². The summed E-state index contributed by atoms with van der Waals surface area (Å²) < 4.78 is 0. The van der Waals surface area contributed by atoms with Gasteiger partial charge in [-0.3, -0.25) is 5.26 Å². The highest BCUT2D eigenvalue weighted by Crippen LogP contribution is 2.44. The van der Waals surface area contributed by atoms with E-state index in [4.69, 9.17) is 16.4 Å². The molecule has 3 atom stereocenters. The molecule has 1 fully saturated rings. The molecule has 0 radical (unpaired) electrons. The van der Waals surface area contributed by atoms with Crippen molar-refractivity contribution in [3.63, 3.8) is 0 Å². The molecule has 1 aliphatic heterocycles. The first-order chi connectivity index (χ1) is 14.1. The number of anilines is 1. The van der Waals surface area contributed by atoms with Crippen LogP contribution in [-0.4, -0.2) is 33.3 Å². The van der Waals surface area contributed by atoms with Crippen LogP contribution < -0.4 is 11.5 Å². The number of rotatable bonds is 5. The van der Waals surface area contributed by atoms with Crippen molar-refractivity contribution in [2.75, 3.05) is 5.73 Å².